The first-order chi connectivity index (χ1) is 20.7. The van der Waals surface area contributed by atoms with Crippen molar-refractivity contribution in [1.82, 2.24) is 29.5 Å². The van der Waals surface area contributed by atoms with Gasteiger partial charge in [-0.25, -0.2) is 14.4 Å². The van der Waals surface area contributed by atoms with Gasteiger partial charge in [0, 0.05) is 61.9 Å². The summed E-state index contributed by atoms with van der Waals surface area (Å²) in [6.45, 7) is 4.07. The monoisotopic (exact) mass is 607 g/mol. The zero-order valence-electron chi connectivity index (χ0n) is 23.7. The Hall–Kier alpha value is -4.26. The van der Waals surface area contributed by atoms with Crippen molar-refractivity contribution in [3.8, 4) is 17.0 Å². The highest BCUT2D eigenvalue weighted by Crippen LogP contribution is 2.35. The standard InChI is InChI=1S/C30H31ClFN7O4/c1-17-13-18(3-4-20(17)29(41)37-9-11-38(12-10-37)30(42)22-14-19(40)15-34-22)36-27-28-35-16-23(39(28)8-7-33-27)21-5-6-24(43-2)25(31)26(21)32/h3-8,13,16,19,22,34,40H,9-12,14-15H2,1-2H3,(H,33,36)/t19-,22+/m1/s1. The lowest BCUT2D eigenvalue weighted by molar-refractivity contribution is -0.134. The molecule has 6 rings (SSSR count). The van der Waals surface area contributed by atoms with Gasteiger partial charge in [-0.1, -0.05) is 11.6 Å². The maximum atomic E-state index is 15.1. The molecule has 2 fully saturated rings. The number of rotatable bonds is 6. The molecular weight excluding hydrogens is 577 g/mol. The fourth-order valence-electron chi connectivity index (χ4n) is 5.64. The van der Waals surface area contributed by atoms with E-state index in [2.05, 4.69) is 20.6 Å². The van der Waals surface area contributed by atoms with Crippen molar-refractivity contribution in [3.63, 3.8) is 0 Å². The zero-order valence-corrected chi connectivity index (χ0v) is 24.4. The molecule has 2 aliphatic rings. The maximum absolute atomic E-state index is 15.1. The predicted molar refractivity (Wildman–Crippen MR) is 159 cm³/mol. The number of fused-ring (bicyclic) bond motifs is 1. The van der Waals surface area contributed by atoms with E-state index in [9.17, 15) is 14.7 Å². The van der Waals surface area contributed by atoms with E-state index in [1.165, 1.54) is 7.11 Å². The van der Waals surface area contributed by atoms with Gasteiger partial charge in [-0.2, -0.15) is 0 Å². The van der Waals surface area contributed by atoms with E-state index in [4.69, 9.17) is 16.3 Å². The minimum absolute atomic E-state index is 0.0265. The summed E-state index contributed by atoms with van der Waals surface area (Å²) in [5, 5.41) is 15.9. The van der Waals surface area contributed by atoms with Crippen LogP contribution in [-0.2, 0) is 4.79 Å². The third-order valence-electron chi connectivity index (χ3n) is 7.97. The van der Waals surface area contributed by atoms with E-state index in [1.54, 1.807) is 57.1 Å². The largest absolute Gasteiger partial charge is 0.495 e. The van der Waals surface area contributed by atoms with Crippen molar-refractivity contribution in [2.75, 3.05) is 45.2 Å². The van der Waals surface area contributed by atoms with Gasteiger partial charge in [0.1, 0.15) is 10.8 Å². The number of ether oxygens (including phenoxy) is 1. The van der Waals surface area contributed by atoms with Crippen LogP contribution < -0.4 is 15.4 Å². The Balaban J connectivity index is 1.15. The molecule has 2 aromatic carbocycles. The molecule has 0 spiro atoms. The van der Waals surface area contributed by atoms with Gasteiger partial charge in [-0.15, -0.1) is 0 Å². The second-order valence-corrected chi connectivity index (χ2v) is 11.1. The molecule has 4 heterocycles. The molecule has 43 heavy (non-hydrogen) atoms. The SMILES string of the molecule is COc1ccc(-c2cnc3c(Nc4ccc(C(=O)N5CCN(C(=O)[C@@H]6C[C@@H](O)CN6)CC5)c(C)c4)nccn23)c(F)c1Cl. The summed E-state index contributed by atoms with van der Waals surface area (Å²) in [5.41, 5.74) is 3.32. The van der Waals surface area contributed by atoms with Gasteiger partial charge < -0.3 is 30.3 Å². The number of halogens is 2. The molecule has 224 valence electrons. The number of benzene rings is 2. The molecule has 11 nitrogen and oxygen atoms in total. The first-order valence-corrected chi connectivity index (χ1v) is 14.3. The van der Waals surface area contributed by atoms with E-state index in [-0.39, 0.29) is 34.2 Å². The minimum Gasteiger partial charge on any atom is -0.495 e. The molecular formula is C30H31ClFN7O4. The highest BCUT2D eigenvalue weighted by Gasteiger charge is 2.33. The number of carbonyl (C=O) groups excluding carboxylic acids is 2. The normalized spacial score (nSPS) is 18.7. The predicted octanol–water partition coefficient (Wildman–Crippen LogP) is 3.26. The summed E-state index contributed by atoms with van der Waals surface area (Å²) in [7, 11) is 1.43. The summed E-state index contributed by atoms with van der Waals surface area (Å²) in [5.74, 6) is -0.0277. The first kappa shape index (κ1) is 28.8. The fourth-order valence-corrected chi connectivity index (χ4v) is 5.88. The number of amides is 2. The number of β-amino-alcohol motifs (C(OH)–C–C–N with tert-alkyl or cyclic N) is 1. The van der Waals surface area contributed by atoms with E-state index >= 15 is 4.39 Å². The molecule has 3 N–H and O–H groups in total. The van der Waals surface area contributed by atoms with Gasteiger partial charge in [0.2, 0.25) is 5.91 Å². The number of piperazine rings is 1. The van der Waals surface area contributed by atoms with Crippen molar-refractivity contribution in [1.29, 1.82) is 0 Å². The van der Waals surface area contributed by atoms with Crippen LogP contribution in [0.3, 0.4) is 0 Å². The quantitative estimate of drug-likeness (QED) is 0.305. The maximum Gasteiger partial charge on any atom is 0.254 e. The van der Waals surface area contributed by atoms with E-state index in [1.807, 2.05) is 13.0 Å². The summed E-state index contributed by atoms with van der Waals surface area (Å²) in [6, 6.07) is 8.26. The van der Waals surface area contributed by atoms with Crippen LogP contribution in [0.25, 0.3) is 16.9 Å². The van der Waals surface area contributed by atoms with Gasteiger partial charge >= 0.3 is 0 Å². The van der Waals surface area contributed by atoms with Crippen LogP contribution in [0.1, 0.15) is 22.3 Å². The zero-order chi connectivity index (χ0) is 30.2. The van der Waals surface area contributed by atoms with Gasteiger partial charge in [0.15, 0.2) is 17.3 Å². The number of nitrogens with zero attached hydrogens (tertiary/aromatic N) is 5. The summed E-state index contributed by atoms with van der Waals surface area (Å²) >= 11 is 6.15. The number of aromatic nitrogens is 3. The van der Waals surface area contributed by atoms with Crippen molar-refractivity contribution in [2.45, 2.75) is 25.5 Å². The third kappa shape index (κ3) is 5.49. The van der Waals surface area contributed by atoms with Crippen LogP contribution in [0.15, 0.2) is 48.9 Å². The molecule has 2 amide bonds. The fraction of sp³-hybridized carbons (Fsp3) is 0.333. The van der Waals surface area contributed by atoms with Crippen LogP contribution in [-0.4, -0.2) is 93.1 Å². The van der Waals surface area contributed by atoms with Crippen LogP contribution in [0.4, 0.5) is 15.9 Å². The van der Waals surface area contributed by atoms with Crippen LogP contribution in [0, 0.1) is 12.7 Å². The average molecular weight is 608 g/mol. The Morgan fingerprint density at radius 3 is 2.60 bits per heavy atom. The molecule has 13 heteroatoms. The van der Waals surface area contributed by atoms with Crippen molar-refractivity contribution < 1.29 is 23.8 Å². The molecule has 0 aliphatic carbocycles. The summed E-state index contributed by atoms with van der Waals surface area (Å²) in [4.78, 5) is 38.5. The number of aliphatic hydroxyl groups is 1. The smallest absolute Gasteiger partial charge is 0.254 e. The Labute approximate surface area is 252 Å². The van der Waals surface area contributed by atoms with E-state index in [0.717, 1.165) is 5.56 Å². The summed E-state index contributed by atoms with van der Waals surface area (Å²) in [6.07, 6.45) is 4.75. The third-order valence-corrected chi connectivity index (χ3v) is 8.33. The van der Waals surface area contributed by atoms with Gasteiger partial charge in [0.05, 0.1) is 31.1 Å². The highest BCUT2D eigenvalue weighted by atomic mass is 35.5. The van der Waals surface area contributed by atoms with Crippen molar-refractivity contribution in [2.24, 2.45) is 0 Å². The Morgan fingerprint density at radius 1 is 1.14 bits per heavy atom. The summed E-state index contributed by atoms with van der Waals surface area (Å²) < 4.78 is 21.9. The molecule has 4 aromatic rings. The highest BCUT2D eigenvalue weighted by molar-refractivity contribution is 6.32. The number of anilines is 2. The molecule has 0 saturated carbocycles. The molecule has 2 atom stereocenters. The molecule has 0 radical (unpaired) electrons. The van der Waals surface area contributed by atoms with Gasteiger partial charge in [0.25, 0.3) is 5.91 Å². The Morgan fingerprint density at radius 2 is 1.91 bits per heavy atom. The van der Waals surface area contributed by atoms with Crippen LogP contribution >= 0.6 is 11.6 Å². The molecule has 2 saturated heterocycles. The lowest BCUT2D eigenvalue weighted by Gasteiger charge is -2.36. The van der Waals surface area contributed by atoms with Crippen LogP contribution in [0.2, 0.25) is 5.02 Å². The first-order valence-electron chi connectivity index (χ1n) is 14.0. The lowest BCUT2D eigenvalue weighted by Crippen LogP contribution is -2.54. The van der Waals surface area contributed by atoms with E-state index < -0.39 is 11.9 Å². The molecule has 0 unspecified atom stereocenters. The number of imidazole rings is 1. The Kier molecular flexibility index (Phi) is 7.91. The number of nitrogens with one attached hydrogen (secondary N) is 2. The van der Waals surface area contributed by atoms with Gasteiger partial charge in [-0.05, 0) is 49.2 Å². The van der Waals surface area contributed by atoms with E-state index in [0.29, 0.717) is 67.6 Å². The topological polar surface area (TPSA) is 124 Å². The number of carbonyl (C=O) groups is 2. The van der Waals surface area contributed by atoms with Crippen molar-refractivity contribution >= 4 is 40.6 Å². The second-order valence-electron chi connectivity index (χ2n) is 10.7. The number of hydrogen-bond donors (Lipinski definition) is 3. The molecule has 2 aliphatic heterocycles. The Bertz CT molecular complexity index is 1710. The number of methoxy groups -OCH3 is 1. The molecule has 0 bridgehead atoms. The minimum atomic E-state index is -0.608. The molecule has 2 aromatic heterocycles. The van der Waals surface area contributed by atoms with Crippen LogP contribution in [0.5, 0.6) is 5.75 Å². The second kappa shape index (κ2) is 11.8. The number of hydrogen-bond acceptors (Lipinski definition) is 8. The lowest BCUT2D eigenvalue weighted by atomic mass is 10.1. The number of aryl methyl sites for hydroxylation is 1. The average Bonchev–Trinajstić information content (AvgIpc) is 3.65. The van der Waals surface area contributed by atoms with Crippen molar-refractivity contribution in [3.05, 3.63) is 70.9 Å². The van der Waals surface area contributed by atoms with Gasteiger partial charge in [-0.3, -0.25) is 14.0 Å². The number of aliphatic hydroxyl groups excluding tert-OH is 1.